The van der Waals surface area contributed by atoms with Crippen molar-refractivity contribution in [1.29, 1.82) is 0 Å². The van der Waals surface area contributed by atoms with Crippen LogP contribution in [0, 0.1) is 11.7 Å². The molecule has 2 aromatic carbocycles. The predicted molar refractivity (Wildman–Crippen MR) is 82.7 cm³/mol. The summed E-state index contributed by atoms with van der Waals surface area (Å²) in [7, 11) is 0. The molecule has 2 aromatic rings. The van der Waals surface area contributed by atoms with Gasteiger partial charge in [-0.25, -0.2) is 4.39 Å². The van der Waals surface area contributed by atoms with Crippen LogP contribution >= 0.6 is 0 Å². The Bertz CT molecular complexity index is 744. The molecule has 2 aliphatic rings. The van der Waals surface area contributed by atoms with Crippen LogP contribution in [0.5, 0.6) is 5.75 Å². The van der Waals surface area contributed by atoms with Gasteiger partial charge in [-0.3, -0.25) is 4.79 Å². The third kappa shape index (κ3) is 2.43. The van der Waals surface area contributed by atoms with Gasteiger partial charge in [0.05, 0.1) is 0 Å². The Labute approximate surface area is 133 Å². The van der Waals surface area contributed by atoms with Gasteiger partial charge in [-0.1, -0.05) is 30.3 Å². The topological polar surface area (TPSA) is 46.5 Å². The van der Waals surface area contributed by atoms with Gasteiger partial charge in [0.1, 0.15) is 17.3 Å². The van der Waals surface area contributed by atoms with E-state index in [0.29, 0.717) is 24.2 Å². The molecule has 0 amide bonds. The van der Waals surface area contributed by atoms with Gasteiger partial charge in [0.15, 0.2) is 0 Å². The number of aliphatic hydroxyl groups excluding tert-OH is 1. The van der Waals surface area contributed by atoms with Crippen molar-refractivity contribution in [3.8, 4) is 5.75 Å². The Morgan fingerprint density at radius 1 is 1.04 bits per heavy atom. The average Bonchev–Trinajstić information content (AvgIpc) is 2.56. The Kier molecular flexibility index (Phi) is 3.42. The van der Waals surface area contributed by atoms with Crippen molar-refractivity contribution >= 4 is 5.78 Å². The molecule has 0 bridgehead atoms. The number of carbonyl (C=O) groups excluding carboxylic acids is 1. The minimum absolute atomic E-state index is 0.117. The highest BCUT2D eigenvalue weighted by Crippen LogP contribution is 2.51. The summed E-state index contributed by atoms with van der Waals surface area (Å²) < 4.78 is 19.3. The molecule has 0 radical (unpaired) electrons. The molecule has 1 aliphatic carbocycles. The van der Waals surface area contributed by atoms with Crippen molar-refractivity contribution < 1.29 is 19.0 Å². The Hall–Kier alpha value is -2.20. The number of Topliss-reactive ketones (excluding diaryl/α,β-unsaturated/α-hetero) is 1. The van der Waals surface area contributed by atoms with Crippen molar-refractivity contribution in [1.82, 2.24) is 0 Å². The van der Waals surface area contributed by atoms with E-state index in [1.807, 2.05) is 30.3 Å². The van der Waals surface area contributed by atoms with E-state index in [1.54, 1.807) is 0 Å². The third-order valence-electron chi connectivity index (χ3n) is 5.00. The van der Waals surface area contributed by atoms with Gasteiger partial charge in [0.25, 0.3) is 0 Å². The number of fused-ring (bicyclic) bond motifs is 3. The molecule has 1 aliphatic heterocycles. The fourth-order valence-corrected chi connectivity index (χ4v) is 4.01. The van der Waals surface area contributed by atoms with Crippen molar-refractivity contribution in [2.24, 2.45) is 5.92 Å². The summed E-state index contributed by atoms with van der Waals surface area (Å²) in [4.78, 5) is 12.3. The van der Waals surface area contributed by atoms with Crippen LogP contribution in [0.4, 0.5) is 4.39 Å². The van der Waals surface area contributed by atoms with E-state index in [4.69, 9.17) is 4.74 Å². The summed E-state index contributed by atoms with van der Waals surface area (Å²) in [6, 6.07) is 14.0. The largest absolute Gasteiger partial charge is 0.465 e. The first-order valence-corrected chi connectivity index (χ1v) is 7.84. The smallest absolute Gasteiger partial charge is 0.201 e. The molecule has 4 atom stereocenters. The molecule has 3 nitrogen and oxygen atoms in total. The van der Waals surface area contributed by atoms with Crippen LogP contribution in [0.3, 0.4) is 0 Å². The molecule has 1 saturated carbocycles. The molecule has 1 N–H and O–H groups in total. The number of halogens is 1. The van der Waals surface area contributed by atoms with Crippen LogP contribution in [0.15, 0.2) is 48.5 Å². The number of ketones is 1. The number of aliphatic hydroxyl groups is 1. The number of ether oxygens (including phenoxy) is 1. The van der Waals surface area contributed by atoms with Gasteiger partial charge in [-0.05, 0) is 23.8 Å². The lowest BCUT2D eigenvalue weighted by atomic mass is 9.65. The molecule has 23 heavy (non-hydrogen) atoms. The summed E-state index contributed by atoms with van der Waals surface area (Å²) in [6.45, 7) is 0. The van der Waals surface area contributed by atoms with Gasteiger partial charge < -0.3 is 9.84 Å². The maximum Gasteiger partial charge on any atom is 0.201 e. The fraction of sp³-hybridized carbons (Fsp3) is 0.316. The van der Waals surface area contributed by atoms with Crippen molar-refractivity contribution in [3.63, 3.8) is 0 Å². The van der Waals surface area contributed by atoms with E-state index < -0.39 is 6.29 Å². The predicted octanol–water partition coefficient (Wildman–Crippen LogP) is 3.38. The monoisotopic (exact) mass is 312 g/mol. The SMILES string of the molecule is O=C1C[C@H](c2ccccc2)[C@H]2[C@@H](O)Oc3ccc(F)cc3[C@@H]2C1. The van der Waals surface area contributed by atoms with Crippen LogP contribution in [-0.4, -0.2) is 17.2 Å². The van der Waals surface area contributed by atoms with Gasteiger partial charge in [0, 0.05) is 36.2 Å². The van der Waals surface area contributed by atoms with E-state index in [9.17, 15) is 14.3 Å². The van der Waals surface area contributed by atoms with Crippen molar-refractivity contribution in [3.05, 3.63) is 65.5 Å². The Balaban J connectivity index is 1.80. The number of benzene rings is 2. The second kappa shape index (κ2) is 5.46. The average molecular weight is 312 g/mol. The summed E-state index contributed by atoms with van der Waals surface area (Å²) in [5, 5.41) is 10.5. The second-order valence-corrected chi connectivity index (χ2v) is 6.34. The summed E-state index contributed by atoms with van der Waals surface area (Å²) in [5.74, 6) is -0.308. The zero-order valence-electron chi connectivity index (χ0n) is 12.5. The molecular weight excluding hydrogens is 295 g/mol. The zero-order valence-corrected chi connectivity index (χ0v) is 12.5. The lowest BCUT2D eigenvalue weighted by Gasteiger charge is -2.44. The van der Waals surface area contributed by atoms with Gasteiger partial charge >= 0.3 is 0 Å². The van der Waals surface area contributed by atoms with Gasteiger partial charge in [0.2, 0.25) is 6.29 Å². The molecule has 118 valence electrons. The quantitative estimate of drug-likeness (QED) is 0.878. The normalized spacial score (nSPS) is 29.4. The Morgan fingerprint density at radius 2 is 1.78 bits per heavy atom. The number of rotatable bonds is 1. The molecule has 4 rings (SSSR count). The van der Waals surface area contributed by atoms with Crippen LogP contribution in [0.2, 0.25) is 0 Å². The minimum atomic E-state index is -0.990. The molecule has 0 aromatic heterocycles. The van der Waals surface area contributed by atoms with Crippen molar-refractivity contribution in [2.75, 3.05) is 0 Å². The van der Waals surface area contributed by atoms with Gasteiger partial charge in [-0.15, -0.1) is 0 Å². The molecule has 0 saturated heterocycles. The molecule has 0 spiro atoms. The maximum absolute atomic E-state index is 13.7. The van der Waals surface area contributed by atoms with Crippen LogP contribution < -0.4 is 4.74 Å². The molecule has 0 unspecified atom stereocenters. The van der Waals surface area contributed by atoms with E-state index in [0.717, 1.165) is 5.56 Å². The van der Waals surface area contributed by atoms with E-state index in [-0.39, 0.29) is 29.4 Å². The van der Waals surface area contributed by atoms with Crippen LogP contribution in [-0.2, 0) is 4.79 Å². The maximum atomic E-state index is 13.7. The van der Waals surface area contributed by atoms with E-state index in [1.165, 1.54) is 18.2 Å². The third-order valence-corrected chi connectivity index (χ3v) is 5.00. The van der Waals surface area contributed by atoms with E-state index >= 15 is 0 Å². The highest BCUT2D eigenvalue weighted by Gasteiger charge is 2.47. The lowest BCUT2D eigenvalue weighted by Crippen LogP contribution is -2.43. The molecule has 4 heteroatoms. The molecule has 1 fully saturated rings. The molecular formula is C19H17FO3. The zero-order chi connectivity index (χ0) is 16.0. The first-order chi connectivity index (χ1) is 11.1. The highest BCUT2D eigenvalue weighted by molar-refractivity contribution is 5.82. The van der Waals surface area contributed by atoms with Crippen LogP contribution in [0.25, 0.3) is 0 Å². The van der Waals surface area contributed by atoms with Crippen LogP contribution in [0.1, 0.15) is 35.8 Å². The standard InChI is InChI=1S/C19H17FO3/c20-12-6-7-17-15(8-12)16-10-13(21)9-14(18(16)19(22)23-17)11-4-2-1-3-5-11/h1-8,14,16,18-19,22H,9-10H2/t14-,16+,18-,19+/m1/s1. The highest BCUT2D eigenvalue weighted by atomic mass is 19.1. The van der Waals surface area contributed by atoms with Crippen molar-refractivity contribution in [2.45, 2.75) is 31.0 Å². The Morgan fingerprint density at radius 3 is 2.57 bits per heavy atom. The minimum Gasteiger partial charge on any atom is -0.465 e. The summed E-state index contributed by atoms with van der Waals surface area (Å²) in [6.07, 6.45) is -0.280. The lowest BCUT2D eigenvalue weighted by molar-refractivity contribution is -0.132. The number of hydrogen-bond donors (Lipinski definition) is 1. The summed E-state index contributed by atoms with van der Waals surface area (Å²) >= 11 is 0. The summed E-state index contributed by atoms with van der Waals surface area (Å²) in [5.41, 5.74) is 1.70. The van der Waals surface area contributed by atoms with Gasteiger partial charge in [-0.2, -0.15) is 0 Å². The van der Waals surface area contributed by atoms with E-state index in [2.05, 4.69) is 0 Å². The second-order valence-electron chi connectivity index (χ2n) is 6.34. The first-order valence-electron chi connectivity index (χ1n) is 7.84. The number of hydrogen-bond acceptors (Lipinski definition) is 3. The fourth-order valence-electron chi connectivity index (χ4n) is 4.01. The number of carbonyl (C=O) groups is 1. The molecule has 1 heterocycles. The first kappa shape index (κ1) is 14.4.